The van der Waals surface area contributed by atoms with E-state index >= 15 is 0 Å². The quantitative estimate of drug-likeness (QED) is 0.364. The highest BCUT2D eigenvalue weighted by atomic mass is 16.5. The summed E-state index contributed by atoms with van der Waals surface area (Å²) in [5.41, 5.74) is 4.10. The lowest BCUT2D eigenvalue weighted by atomic mass is 9.97. The summed E-state index contributed by atoms with van der Waals surface area (Å²) in [5.74, 6) is 0.674. The predicted octanol–water partition coefficient (Wildman–Crippen LogP) is 4.06. The summed E-state index contributed by atoms with van der Waals surface area (Å²) in [6, 6.07) is 20.7. The number of nitrogens with one attached hydrogen (secondary N) is 3. The van der Waals surface area contributed by atoms with E-state index in [0.717, 1.165) is 33.9 Å². The smallest absolute Gasteiger partial charge is 0.251 e. The van der Waals surface area contributed by atoms with Crippen molar-refractivity contribution in [3.63, 3.8) is 0 Å². The number of hydrogen-bond donors (Lipinski definition) is 3. The van der Waals surface area contributed by atoms with Gasteiger partial charge in [-0.2, -0.15) is 0 Å². The van der Waals surface area contributed by atoms with E-state index < -0.39 is 5.92 Å². The monoisotopic (exact) mass is 475 g/mol. The third kappa shape index (κ3) is 6.99. The molecule has 2 amide bonds. The van der Waals surface area contributed by atoms with Gasteiger partial charge in [0.2, 0.25) is 5.91 Å². The van der Waals surface area contributed by atoms with Crippen LogP contribution in [0.25, 0.3) is 0 Å². The average Bonchev–Trinajstić information content (AvgIpc) is 2.87. The van der Waals surface area contributed by atoms with Gasteiger partial charge in [0.15, 0.2) is 0 Å². The predicted molar refractivity (Wildman–Crippen MR) is 138 cm³/mol. The number of carbonyl (C=O) groups excluding carboxylic acids is 2. The van der Waals surface area contributed by atoms with E-state index in [-0.39, 0.29) is 18.4 Å². The molecule has 3 N–H and O–H groups in total. The molecule has 3 aromatic carbocycles. The molecule has 0 aliphatic carbocycles. The Morgan fingerprint density at radius 3 is 2.09 bits per heavy atom. The summed E-state index contributed by atoms with van der Waals surface area (Å²) in [5, 5.41) is 9.18. The van der Waals surface area contributed by atoms with E-state index in [1.165, 1.54) is 0 Å². The van der Waals surface area contributed by atoms with Gasteiger partial charge >= 0.3 is 0 Å². The Morgan fingerprint density at radius 1 is 0.829 bits per heavy atom. The number of amides is 2. The minimum Gasteiger partial charge on any atom is -0.497 e. The van der Waals surface area contributed by atoms with Crippen LogP contribution in [0.3, 0.4) is 0 Å². The molecule has 0 aromatic heterocycles. The highest BCUT2D eigenvalue weighted by Crippen LogP contribution is 2.24. The van der Waals surface area contributed by atoms with Crippen LogP contribution in [0.2, 0.25) is 0 Å². The largest absolute Gasteiger partial charge is 0.497 e. The zero-order valence-corrected chi connectivity index (χ0v) is 20.7. The first-order valence-corrected chi connectivity index (χ1v) is 11.6. The van der Waals surface area contributed by atoms with Crippen molar-refractivity contribution < 1.29 is 19.1 Å². The highest BCUT2D eigenvalue weighted by Gasteiger charge is 2.22. The molecule has 0 radical (unpaired) electrons. The standard InChI is InChI=1S/C28H33N3O4/c1-19-16-22(17-20(2)26(19)35-4)27(32)31-18-25(21-8-6-5-7-9-21)28(33)30-15-14-29-23-10-12-24(34-3)13-11-23/h5-13,16-17,25,29H,14-15,18H2,1-4H3,(H,30,33)(H,31,32). The number of carbonyl (C=O) groups is 2. The molecule has 0 saturated heterocycles. The van der Waals surface area contributed by atoms with E-state index in [0.29, 0.717) is 18.7 Å². The van der Waals surface area contributed by atoms with Gasteiger partial charge in [-0.1, -0.05) is 30.3 Å². The molecule has 3 aromatic rings. The molecule has 0 aliphatic heterocycles. The summed E-state index contributed by atoms with van der Waals surface area (Å²) in [4.78, 5) is 25.9. The molecule has 7 heteroatoms. The normalized spacial score (nSPS) is 11.3. The molecular weight excluding hydrogens is 442 g/mol. The molecule has 0 heterocycles. The van der Waals surface area contributed by atoms with E-state index in [2.05, 4.69) is 16.0 Å². The van der Waals surface area contributed by atoms with Crippen LogP contribution in [0.5, 0.6) is 11.5 Å². The summed E-state index contributed by atoms with van der Waals surface area (Å²) < 4.78 is 10.6. The summed E-state index contributed by atoms with van der Waals surface area (Å²) in [7, 11) is 3.24. The van der Waals surface area contributed by atoms with Gasteiger partial charge in [-0.3, -0.25) is 9.59 Å². The molecule has 3 rings (SSSR count). The number of anilines is 1. The Bertz CT molecular complexity index is 1110. The van der Waals surface area contributed by atoms with Crippen LogP contribution in [-0.2, 0) is 4.79 Å². The van der Waals surface area contributed by atoms with Crippen molar-refractivity contribution in [2.24, 2.45) is 0 Å². The van der Waals surface area contributed by atoms with Crippen molar-refractivity contribution >= 4 is 17.5 Å². The van der Waals surface area contributed by atoms with E-state index in [4.69, 9.17) is 9.47 Å². The Morgan fingerprint density at radius 2 is 1.49 bits per heavy atom. The fourth-order valence-corrected chi connectivity index (χ4v) is 3.97. The zero-order chi connectivity index (χ0) is 25.2. The number of hydrogen-bond acceptors (Lipinski definition) is 5. The summed E-state index contributed by atoms with van der Waals surface area (Å²) in [6.07, 6.45) is 0. The van der Waals surface area contributed by atoms with E-state index in [1.807, 2.05) is 68.4 Å². The third-order valence-electron chi connectivity index (χ3n) is 5.76. The number of ether oxygens (including phenoxy) is 2. The molecule has 0 spiro atoms. The maximum Gasteiger partial charge on any atom is 0.251 e. The molecule has 0 bridgehead atoms. The lowest BCUT2D eigenvalue weighted by molar-refractivity contribution is -0.122. The van der Waals surface area contributed by atoms with Crippen LogP contribution >= 0.6 is 0 Å². The molecular formula is C28H33N3O4. The van der Waals surface area contributed by atoms with Gasteiger partial charge in [0, 0.05) is 30.9 Å². The summed E-state index contributed by atoms with van der Waals surface area (Å²) >= 11 is 0. The highest BCUT2D eigenvalue weighted by molar-refractivity contribution is 5.95. The van der Waals surface area contributed by atoms with Crippen molar-refractivity contribution in [3.05, 3.63) is 89.0 Å². The van der Waals surface area contributed by atoms with Gasteiger partial charge in [-0.15, -0.1) is 0 Å². The van der Waals surface area contributed by atoms with Gasteiger partial charge in [-0.05, 0) is 66.9 Å². The van der Waals surface area contributed by atoms with Crippen LogP contribution in [0.1, 0.15) is 33.0 Å². The molecule has 0 saturated carbocycles. The SMILES string of the molecule is COc1ccc(NCCNC(=O)C(CNC(=O)c2cc(C)c(OC)c(C)c2)c2ccccc2)cc1. The first-order valence-electron chi connectivity index (χ1n) is 11.6. The van der Waals surface area contributed by atoms with Crippen molar-refractivity contribution in [1.82, 2.24) is 10.6 Å². The minimum atomic E-state index is -0.512. The van der Waals surface area contributed by atoms with Crippen molar-refractivity contribution in [1.29, 1.82) is 0 Å². The molecule has 1 unspecified atom stereocenters. The second kappa shape index (κ2) is 12.5. The Labute approximate surface area is 206 Å². The Kier molecular flexibility index (Phi) is 9.12. The molecule has 0 fully saturated rings. The van der Waals surface area contributed by atoms with Gasteiger partial charge in [0.05, 0.1) is 20.1 Å². The maximum atomic E-state index is 13.1. The Balaban J connectivity index is 1.60. The molecule has 35 heavy (non-hydrogen) atoms. The number of rotatable bonds is 11. The Hall–Kier alpha value is -4.00. The fourth-order valence-electron chi connectivity index (χ4n) is 3.97. The first-order chi connectivity index (χ1) is 16.9. The lowest BCUT2D eigenvalue weighted by Crippen LogP contribution is -2.39. The van der Waals surface area contributed by atoms with Crippen LogP contribution in [0.15, 0.2) is 66.7 Å². The van der Waals surface area contributed by atoms with E-state index in [1.54, 1.807) is 26.4 Å². The van der Waals surface area contributed by atoms with Crippen molar-refractivity contribution in [3.8, 4) is 11.5 Å². The van der Waals surface area contributed by atoms with Gasteiger partial charge in [0.25, 0.3) is 5.91 Å². The first kappa shape index (κ1) is 25.6. The van der Waals surface area contributed by atoms with Crippen LogP contribution in [0.4, 0.5) is 5.69 Å². The third-order valence-corrected chi connectivity index (χ3v) is 5.76. The number of aryl methyl sites for hydroxylation is 2. The van der Waals surface area contributed by atoms with Crippen LogP contribution in [0, 0.1) is 13.8 Å². The maximum absolute atomic E-state index is 13.1. The zero-order valence-electron chi connectivity index (χ0n) is 20.7. The van der Waals surface area contributed by atoms with Crippen LogP contribution < -0.4 is 25.4 Å². The lowest BCUT2D eigenvalue weighted by Gasteiger charge is -2.19. The van der Waals surface area contributed by atoms with E-state index in [9.17, 15) is 9.59 Å². The van der Waals surface area contributed by atoms with Gasteiger partial charge in [0.1, 0.15) is 11.5 Å². The number of benzene rings is 3. The van der Waals surface area contributed by atoms with Crippen molar-refractivity contribution in [2.75, 3.05) is 39.2 Å². The number of methoxy groups -OCH3 is 2. The van der Waals surface area contributed by atoms with Crippen molar-refractivity contribution in [2.45, 2.75) is 19.8 Å². The minimum absolute atomic E-state index is 0.143. The molecule has 7 nitrogen and oxygen atoms in total. The topological polar surface area (TPSA) is 88.7 Å². The average molecular weight is 476 g/mol. The summed E-state index contributed by atoms with van der Waals surface area (Å²) in [6.45, 7) is 5.01. The van der Waals surface area contributed by atoms with Crippen LogP contribution in [-0.4, -0.2) is 45.7 Å². The molecule has 0 aliphatic rings. The second-order valence-corrected chi connectivity index (χ2v) is 8.26. The van der Waals surface area contributed by atoms with Gasteiger partial charge < -0.3 is 25.4 Å². The molecule has 184 valence electrons. The van der Waals surface area contributed by atoms with Gasteiger partial charge in [-0.25, -0.2) is 0 Å². The fraction of sp³-hybridized carbons (Fsp3) is 0.286. The second-order valence-electron chi connectivity index (χ2n) is 8.26. The molecule has 1 atom stereocenters.